The van der Waals surface area contributed by atoms with Crippen LogP contribution in [0.25, 0.3) is 5.69 Å². The largest absolute Gasteiger partial charge is 0.497 e. The highest BCUT2D eigenvalue weighted by atomic mass is 35.5. The van der Waals surface area contributed by atoms with Crippen molar-refractivity contribution in [2.24, 2.45) is 5.92 Å². The van der Waals surface area contributed by atoms with Gasteiger partial charge in [0.15, 0.2) is 0 Å². The van der Waals surface area contributed by atoms with Crippen LogP contribution in [0.2, 0.25) is 5.02 Å². The van der Waals surface area contributed by atoms with Crippen molar-refractivity contribution in [1.82, 2.24) is 14.5 Å². The number of imidazole rings is 1. The fourth-order valence-corrected chi connectivity index (χ4v) is 4.75. The number of carbonyl (C=O) groups excluding carboxylic acids is 2. The molecule has 2 fully saturated rings. The van der Waals surface area contributed by atoms with E-state index in [0.717, 1.165) is 23.1 Å². The van der Waals surface area contributed by atoms with E-state index in [1.165, 1.54) is 0 Å². The summed E-state index contributed by atoms with van der Waals surface area (Å²) in [5.74, 6) is 1.31. The molecule has 0 bridgehead atoms. The van der Waals surface area contributed by atoms with Gasteiger partial charge in [-0.1, -0.05) is 17.7 Å². The molecule has 1 aromatic heterocycles. The van der Waals surface area contributed by atoms with Crippen LogP contribution in [0.3, 0.4) is 0 Å². The predicted octanol–water partition coefficient (Wildman–Crippen LogP) is 3.24. The SMILES string of the molecule is COc1cccc(-n2ccnc2N2CCN(C(=O)C3CC(=O)N(c4ccc(Cl)cc4)C3)CC2)c1. The number of anilines is 2. The number of aromatic nitrogens is 2. The first-order valence-corrected chi connectivity index (χ1v) is 11.7. The van der Waals surface area contributed by atoms with Gasteiger partial charge in [-0.3, -0.25) is 14.2 Å². The van der Waals surface area contributed by atoms with E-state index in [9.17, 15) is 9.59 Å². The minimum Gasteiger partial charge on any atom is -0.497 e. The number of rotatable bonds is 5. The monoisotopic (exact) mass is 479 g/mol. The summed E-state index contributed by atoms with van der Waals surface area (Å²) >= 11 is 5.96. The number of benzene rings is 2. The lowest BCUT2D eigenvalue weighted by Crippen LogP contribution is -2.51. The van der Waals surface area contributed by atoms with E-state index in [1.54, 1.807) is 30.3 Å². The van der Waals surface area contributed by atoms with Crippen LogP contribution in [0, 0.1) is 5.92 Å². The predicted molar refractivity (Wildman–Crippen MR) is 131 cm³/mol. The van der Waals surface area contributed by atoms with Crippen LogP contribution in [0.15, 0.2) is 60.9 Å². The van der Waals surface area contributed by atoms with Crippen molar-refractivity contribution in [3.63, 3.8) is 0 Å². The molecule has 2 saturated heterocycles. The molecule has 3 heterocycles. The molecule has 1 unspecified atom stereocenters. The van der Waals surface area contributed by atoms with Crippen LogP contribution in [0.1, 0.15) is 6.42 Å². The molecule has 2 aromatic carbocycles. The first-order valence-electron chi connectivity index (χ1n) is 11.3. The molecule has 1 atom stereocenters. The van der Waals surface area contributed by atoms with Gasteiger partial charge in [-0.15, -0.1) is 0 Å². The Morgan fingerprint density at radius 1 is 1.06 bits per heavy atom. The maximum Gasteiger partial charge on any atom is 0.228 e. The third-order valence-electron chi connectivity index (χ3n) is 6.44. The molecule has 0 N–H and O–H groups in total. The van der Waals surface area contributed by atoms with E-state index in [4.69, 9.17) is 16.3 Å². The minimum atomic E-state index is -0.325. The van der Waals surface area contributed by atoms with E-state index in [-0.39, 0.29) is 24.2 Å². The topological polar surface area (TPSA) is 70.9 Å². The number of ether oxygens (including phenoxy) is 1. The highest BCUT2D eigenvalue weighted by Gasteiger charge is 2.38. The highest BCUT2D eigenvalue weighted by Crippen LogP contribution is 2.28. The molecule has 0 spiro atoms. The van der Waals surface area contributed by atoms with Crippen LogP contribution in [-0.4, -0.2) is 66.1 Å². The zero-order valence-electron chi connectivity index (χ0n) is 18.9. The molecular weight excluding hydrogens is 454 g/mol. The third kappa shape index (κ3) is 4.33. The van der Waals surface area contributed by atoms with Crippen LogP contribution < -0.4 is 14.5 Å². The van der Waals surface area contributed by atoms with Crippen molar-refractivity contribution in [1.29, 1.82) is 0 Å². The smallest absolute Gasteiger partial charge is 0.228 e. The third-order valence-corrected chi connectivity index (χ3v) is 6.69. The van der Waals surface area contributed by atoms with Crippen LogP contribution in [-0.2, 0) is 9.59 Å². The Morgan fingerprint density at radius 2 is 1.82 bits per heavy atom. The standard InChI is InChI=1S/C25H26ClN5O3/c1-34-22-4-2-3-21(16-22)30-10-9-27-25(30)29-13-11-28(12-14-29)24(33)18-15-23(32)31(17-18)20-7-5-19(26)6-8-20/h2-10,16,18H,11-15,17H2,1H3. The molecule has 3 aromatic rings. The Hall–Kier alpha value is -3.52. The molecule has 0 aliphatic carbocycles. The van der Waals surface area contributed by atoms with Gasteiger partial charge in [0, 0.05) is 68.3 Å². The molecule has 0 radical (unpaired) electrons. The maximum atomic E-state index is 13.2. The summed E-state index contributed by atoms with van der Waals surface area (Å²) in [7, 11) is 1.65. The Morgan fingerprint density at radius 3 is 2.56 bits per heavy atom. The lowest BCUT2D eigenvalue weighted by Gasteiger charge is -2.36. The second-order valence-corrected chi connectivity index (χ2v) is 8.93. The van der Waals surface area contributed by atoms with Gasteiger partial charge in [0.1, 0.15) is 5.75 Å². The van der Waals surface area contributed by atoms with Crippen molar-refractivity contribution in [2.45, 2.75) is 6.42 Å². The van der Waals surface area contributed by atoms with Gasteiger partial charge >= 0.3 is 0 Å². The van der Waals surface area contributed by atoms with Gasteiger partial charge in [0.2, 0.25) is 17.8 Å². The molecule has 176 valence electrons. The summed E-state index contributed by atoms with van der Waals surface area (Å²) < 4.78 is 7.38. The highest BCUT2D eigenvalue weighted by molar-refractivity contribution is 6.30. The maximum absolute atomic E-state index is 13.2. The lowest BCUT2D eigenvalue weighted by molar-refractivity contribution is -0.136. The van der Waals surface area contributed by atoms with Crippen molar-refractivity contribution in [2.75, 3.05) is 49.6 Å². The zero-order valence-corrected chi connectivity index (χ0v) is 19.7. The average molecular weight is 480 g/mol. The Bertz CT molecular complexity index is 1190. The van der Waals surface area contributed by atoms with E-state index in [1.807, 2.05) is 52.1 Å². The van der Waals surface area contributed by atoms with E-state index < -0.39 is 0 Å². The Kier molecular flexibility index (Phi) is 6.15. The average Bonchev–Trinajstić information content (AvgIpc) is 3.51. The van der Waals surface area contributed by atoms with Crippen LogP contribution in [0.5, 0.6) is 5.75 Å². The second-order valence-electron chi connectivity index (χ2n) is 8.49. The molecule has 2 aliphatic rings. The number of carbonyl (C=O) groups is 2. The Labute approximate surface area is 203 Å². The lowest BCUT2D eigenvalue weighted by atomic mass is 10.1. The van der Waals surface area contributed by atoms with E-state index in [0.29, 0.717) is 37.7 Å². The number of halogens is 1. The summed E-state index contributed by atoms with van der Waals surface area (Å²) in [6.45, 7) is 2.94. The number of piperazine rings is 1. The fraction of sp³-hybridized carbons (Fsp3) is 0.320. The molecule has 8 nitrogen and oxygen atoms in total. The molecule has 2 aliphatic heterocycles. The zero-order chi connectivity index (χ0) is 23.7. The number of methoxy groups -OCH3 is 1. The van der Waals surface area contributed by atoms with Crippen LogP contribution in [0.4, 0.5) is 11.6 Å². The van der Waals surface area contributed by atoms with Crippen molar-refractivity contribution < 1.29 is 14.3 Å². The molecular formula is C25H26ClN5O3. The van der Waals surface area contributed by atoms with Crippen molar-refractivity contribution in [3.8, 4) is 11.4 Å². The number of hydrogen-bond donors (Lipinski definition) is 0. The number of hydrogen-bond acceptors (Lipinski definition) is 5. The molecule has 9 heteroatoms. The van der Waals surface area contributed by atoms with Crippen molar-refractivity contribution >= 4 is 35.1 Å². The Balaban J connectivity index is 1.22. The van der Waals surface area contributed by atoms with Gasteiger partial charge in [-0.2, -0.15) is 0 Å². The first-order chi connectivity index (χ1) is 16.5. The quantitative estimate of drug-likeness (QED) is 0.562. The second kappa shape index (κ2) is 9.38. The fourth-order valence-electron chi connectivity index (χ4n) is 4.62. The molecule has 5 rings (SSSR count). The van der Waals surface area contributed by atoms with Crippen LogP contribution >= 0.6 is 11.6 Å². The summed E-state index contributed by atoms with van der Waals surface area (Å²) in [6, 6.07) is 15.0. The normalized spacial score (nSPS) is 18.5. The number of nitrogens with zero attached hydrogens (tertiary/aromatic N) is 5. The summed E-state index contributed by atoms with van der Waals surface area (Å²) in [4.78, 5) is 36.1. The van der Waals surface area contributed by atoms with Gasteiger partial charge in [0.25, 0.3) is 0 Å². The van der Waals surface area contributed by atoms with E-state index >= 15 is 0 Å². The van der Waals surface area contributed by atoms with Gasteiger partial charge in [0.05, 0.1) is 18.7 Å². The molecule has 34 heavy (non-hydrogen) atoms. The van der Waals surface area contributed by atoms with Gasteiger partial charge in [-0.05, 0) is 36.4 Å². The van der Waals surface area contributed by atoms with E-state index in [2.05, 4.69) is 9.88 Å². The summed E-state index contributed by atoms with van der Waals surface area (Å²) in [5, 5.41) is 0.618. The molecule has 0 saturated carbocycles. The minimum absolute atomic E-state index is 0.0281. The molecule has 2 amide bonds. The van der Waals surface area contributed by atoms with Crippen molar-refractivity contribution in [3.05, 3.63) is 65.9 Å². The summed E-state index contributed by atoms with van der Waals surface area (Å²) in [6.07, 6.45) is 3.95. The number of amides is 2. The summed E-state index contributed by atoms with van der Waals surface area (Å²) in [5.41, 5.74) is 1.75. The van der Waals surface area contributed by atoms with Gasteiger partial charge < -0.3 is 19.4 Å². The van der Waals surface area contributed by atoms with Gasteiger partial charge in [-0.25, -0.2) is 4.98 Å². The first kappa shape index (κ1) is 22.3.